The molecular weight excluding hydrogens is 325 g/mol. The van der Waals surface area contributed by atoms with Crippen molar-refractivity contribution in [2.45, 2.75) is 38.2 Å². The summed E-state index contributed by atoms with van der Waals surface area (Å²) in [7, 11) is 0. The first kappa shape index (κ1) is 16.8. The number of alkyl halides is 3. The molecule has 1 amide bonds. The molecule has 1 aliphatic rings. The molecule has 2 rings (SSSR count). The SMILES string of the molecule is CC1=NN(C(=O)CCn2cnc([N+](=O)[O-])n2)[C@](O)(C(F)(F)F)C1. The van der Waals surface area contributed by atoms with Crippen LogP contribution in [-0.4, -0.2) is 53.3 Å². The van der Waals surface area contributed by atoms with Crippen LogP contribution in [0.5, 0.6) is 0 Å². The second kappa shape index (κ2) is 5.57. The molecule has 23 heavy (non-hydrogen) atoms. The van der Waals surface area contributed by atoms with Crippen molar-refractivity contribution < 1.29 is 28.0 Å². The lowest BCUT2D eigenvalue weighted by molar-refractivity contribution is -0.394. The summed E-state index contributed by atoms with van der Waals surface area (Å²) >= 11 is 0. The number of amides is 1. The molecule has 1 aromatic rings. The van der Waals surface area contributed by atoms with Gasteiger partial charge in [0.25, 0.3) is 5.72 Å². The van der Waals surface area contributed by atoms with Crippen LogP contribution in [0.3, 0.4) is 0 Å². The molecule has 1 atom stereocenters. The van der Waals surface area contributed by atoms with Gasteiger partial charge in [-0.25, -0.2) is 0 Å². The summed E-state index contributed by atoms with van der Waals surface area (Å²) in [6, 6.07) is 0. The third-order valence-corrected chi connectivity index (χ3v) is 3.06. The van der Waals surface area contributed by atoms with Gasteiger partial charge in [0.2, 0.25) is 12.2 Å². The average Bonchev–Trinajstić information content (AvgIpc) is 3.00. The van der Waals surface area contributed by atoms with E-state index in [1.165, 1.54) is 6.92 Å². The lowest BCUT2D eigenvalue weighted by atomic mass is 10.1. The fourth-order valence-electron chi connectivity index (χ4n) is 2.00. The Labute approximate surface area is 126 Å². The number of hydrogen-bond acceptors (Lipinski definition) is 7. The summed E-state index contributed by atoms with van der Waals surface area (Å²) in [6.45, 7) is 1.00. The van der Waals surface area contributed by atoms with Crippen LogP contribution >= 0.6 is 0 Å². The van der Waals surface area contributed by atoms with Crippen molar-refractivity contribution in [2.24, 2.45) is 5.10 Å². The van der Waals surface area contributed by atoms with E-state index in [-0.39, 0.29) is 17.3 Å². The predicted octanol–water partition coefficient (Wildman–Crippen LogP) is 0.436. The first-order chi connectivity index (χ1) is 10.5. The van der Waals surface area contributed by atoms with Gasteiger partial charge in [-0.05, 0) is 11.8 Å². The Balaban J connectivity index is 2.08. The third-order valence-electron chi connectivity index (χ3n) is 3.06. The van der Waals surface area contributed by atoms with E-state index in [0.717, 1.165) is 11.0 Å². The molecular formula is C10H11F3N6O4. The molecule has 2 heterocycles. The van der Waals surface area contributed by atoms with Gasteiger partial charge >= 0.3 is 12.1 Å². The van der Waals surface area contributed by atoms with Gasteiger partial charge < -0.3 is 15.2 Å². The number of rotatable bonds is 4. The second-order valence-electron chi connectivity index (χ2n) is 4.85. The summed E-state index contributed by atoms with van der Waals surface area (Å²) in [5, 5.41) is 27.0. The van der Waals surface area contributed by atoms with Crippen molar-refractivity contribution in [3.8, 4) is 0 Å². The maximum absolute atomic E-state index is 13.0. The predicted molar refractivity (Wildman–Crippen MR) is 66.9 cm³/mol. The molecule has 10 nitrogen and oxygen atoms in total. The van der Waals surface area contributed by atoms with E-state index in [9.17, 15) is 33.2 Å². The number of halogens is 3. The topological polar surface area (TPSA) is 127 Å². The maximum Gasteiger partial charge on any atom is 0.490 e. The number of nitrogens with zero attached hydrogens (tertiary/aromatic N) is 6. The number of aryl methyl sites for hydroxylation is 1. The van der Waals surface area contributed by atoms with Crippen molar-refractivity contribution in [2.75, 3.05) is 0 Å². The van der Waals surface area contributed by atoms with Crippen LogP contribution in [0.15, 0.2) is 11.4 Å². The second-order valence-corrected chi connectivity index (χ2v) is 4.85. The molecule has 0 aliphatic carbocycles. The number of carbonyl (C=O) groups excluding carboxylic acids is 1. The highest BCUT2D eigenvalue weighted by Gasteiger charge is 2.62. The summed E-state index contributed by atoms with van der Waals surface area (Å²) in [5.74, 6) is -1.79. The largest absolute Gasteiger partial charge is 0.490 e. The van der Waals surface area contributed by atoms with Gasteiger partial charge in [-0.3, -0.25) is 4.79 Å². The molecule has 1 N–H and O–H groups in total. The summed E-state index contributed by atoms with van der Waals surface area (Å²) in [5.41, 5.74) is -3.43. The average molecular weight is 336 g/mol. The molecule has 0 unspecified atom stereocenters. The Hall–Kier alpha value is -2.57. The molecule has 0 fully saturated rings. The Morgan fingerprint density at radius 1 is 1.57 bits per heavy atom. The fourth-order valence-corrected chi connectivity index (χ4v) is 2.00. The van der Waals surface area contributed by atoms with Crippen LogP contribution in [-0.2, 0) is 11.3 Å². The van der Waals surface area contributed by atoms with Crippen molar-refractivity contribution in [3.63, 3.8) is 0 Å². The lowest BCUT2D eigenvalue weighted by Crippen LogP contribution is -2.56. The van der Waals surface area contributed by atoms with Crippen LogP contribution < -0.4 is 0 Å². The highest BCUT2D eigenvalue weighted by atomic mass is 19.4. The van der Waals surface area contributed by atoms with Gasteiger partial charge in [-0.2, -0.15) is 28.0 Å². The molecule has 0 radical (unpaired) electrons. The summed E-state index contributed by atoms with van der Waals surface area (Å²) in [4.78, 5) is 24.8. The zero-order chi connectivity index (χ0) is 17.4. The number of aromatic nitrogens is 3. The fraction of sp³-hybridized carbons (Fsp3) is 0.600. The summed E-state index contributed by atoms with van der Waals surface area (Å²) < 4.78 is 39.8. The molecule has 1 aliphatic heterocycles. The van der Waals surface area contributed by atoms with Crippen molar-refractivity contribution >= 4 is 17.6 Å². The zero-order valence-corrected chi connectivity index (χ0v) is 11.7. The van der Waals surface area contributed by atoms with Crippen molar-refractivity contribution in [1.29, 1.82) is 0 Å². The van der Waals surface area contributed by atoms with Gasteiger partial charge in [0.15, 0.2) is 0 Å². The molecule has 0 spiro atoms. The molecule has 0 saturated heterocycles. The number of carbonyl (C=O) groups is 1. The Morgan fingerprint density at radius 2 is 2.22 bits per heavy atom. The van der Waals surface area contributed by atoms with Crippen LogP contribution in [0.2, 0.25) is 0 Å². The third kappa shape index (κ3) is 3.13. The van der Waals surface area contributed by atoms with Crippen LogP contribution in [0, 0.1) is 10.1 Å². The highest BCUT2D eigenvalue weighted by molar-refractivity contribution is 5.89. The number of hydrazone groups is 1. The van der Waals surface area contributed by atoms with E-state index in [0.29, 0.717) is 0 Å². The van der Waals surface area contributed by atoms with Crippen LogP contribution in [0.1, 0.15) is 19.8 Å². The van der Waals surface area contributed by atoms with Gasteiger partial charge in [0.05, 0.1) is 6.54 Å². The summed E-state index contributed by atoms with van der Waals surface area (Å²) in [6.07, 6.45) is -5.44. The Morgan fingerprint density at radius 3 is 2.74 bits per heavy atom. The smallest absolute Gasteiger partial charge is 0.390 e. The minimum atomic E-state index is -5.07. The first-order valence-corrected chi connectivity index (χ1v) is 6.24. The zero-order valence-electron chi connectivity index (χ0n) is 11.7. The van der Waals surface area contributed by atoms with Gasteiger partial charge in [-0.1, -0.05) is 4.98 Å². The van der Waals surface area contributed by atoms with E-state index in [4.69, 9.17) is 0 Å². The molecule has 0 aromatic carbocycles. The number of hydrogen-bond donors (Lipinski definition) is 1. The Bertz CT molecular complexity index is 672. The van der Waals surface area contributed by atoms with Crippen LogP contribution in [0.4, 0.5) is 19.1 Å². The maximum atomic E-state index is 13.0. The minimum Gasteiger partial charge on any atom is -0.390 e. The van der Waals surface area contributed by atoms with Gasteiger partial charge in [0.1, 0.15) is 0 Å². The van der Waals surface area contributed by atoms with Crippen LogP contribution in [0.25, 0.3) is 0 Å². The minimum absolute atomic E-state index is 0.00628. The number of nitro groups is 1. The monoisotopic (exact) mass is 336 g/mol. The van der Waals surface area contributed by atoms with Gasteiger partial charge in [0, 0.05) is 23.7 Å². The Kier molecular flexibility index (Phi) is 4.07. The van der Waals surface area contributed by atoms with E-state index < -0.39 is 41.5 Å². The molecule has 0 saturated carbocycles. The number of aliphatic hydroxyl groups is 1. The van der Waals surface area contributed by atoms with Crippen molar-refractivity contribution in [1.82, 2.24) is 19.8 Å². The highest BCUT2D eigenvalue weighted by Crippen LogP contribution is 2.40. The van der Waals surface area contributed by atoms with E-state index in [2.05, 4.69) is 15.2 Å². The molecule has 1 aromatic heterocycles. The van der Waals surface area contributed by atoms with E-state index in [1.807, 2.05) is 0 Å². The van der Waals surface area contributed by atoms with E-state index in [1.54, 1.807) is 0 Å². The standard InChI is InChI=1S/C10H11F3N6O4/c1-6-4-9(21,10(11,12)13)18(15-6)7(20)2-3-17-5-14-8(16-17)19(22)23/h5,21H,2-4H2,1H3/t9-/m1/s1. The van der Waals surface area contributed by atoms with Crippen molar-refractivity contribution in [3.05, 3.63) is 16.4 Å². The lowest BCUT2D eigenvalue weighted by Gasteiger charge is -2.32. The normalized spacial score (nSPS) is 21.4. The molecule has 0 bridgehead atoms. The van der Waals surface area contributed by atoms with Gasteiger partial charge in [-0.15, -0.1) is 0 Å². The first-order valence-electron chi connectivity index (χ1n) is 6.24. The molecule has 126 valence electrons. The quantitative estimate of drug-likeness (QED) is 0.628. The molecule has 13 heteroatoms. The van der Waals surface area contributed by atoms with E-state index >= 15 is 0 Å².